The van der Waals surface area contributed by atoms with Gasteiger partial charge in [-0.3, -0.25) is 4.79 Å². The molecule has 37 heavy (non-hydrogen) atoms. The summed E-state index contributed by atoms with van der Waals surface area (Å²) in [5.41, 5.74) is 4.11. The van der Waals surface area contributed by atoms with E-state index in [1.807, 2.05) is 44.6 Å². The number of methoxy groups -OCH3 is 2. The van der Waals surface area contributed by atoms with E-state index in [-0.39, 0.29) is 5.91 Å². The van der Waals surface area contributed by atoms with Gasteiger partial charge in [0.15, 0.2) is 16.6 Å². The highest BCUT2D eigenvalue weighted by Crippen LogP contribution is 2.34. The van der Waals surface area contributed by atoms with Gasteiger partial charge in [-0.25, -0.2) is 4.98 Å². The van der Waals surface area contributed by atoms with Gasteiger partial charge in [0.2, 0.25) is 0 Å². The summed E-state index contributed by atoms with van der Waals surface area (Å²) in [6.07, 6.45) is 1.87. The van der Waals surface area contributed by atoms with Crippen molar-refractivity contribution in [2.45, 2.75) is 25.7 Å². The number of thiazole rings is 1. The first-order valence-corrected chi connectivity index (χ1v) is 13.4. The molecule has 3 aromatic rings. The van der Waals surface area contributed by atoms with Crippen molar-refractivity contribution in [1.82, 2.24) is 9.88 Å². The third-order valence-corrected chi connectivity index (χ3v) is 7.87. The van der Waals surface area contributed by atoms with Crippen LogP contribution < -0.4 is 25.0 Å². The molecule has 1 saturated heterocycles. The van der Waals surface area contributed by atoms with Crippen LogP contribution in [0.4, 0.5) is 17.1 Å². The summed E-state index contributed by atoms with van der Waals surface area (Å²) in [5, 5.41) is 9.87. The molecule has 0 bridgehead atoms. The zero-order chi connectivity index (χ0) is 26.5. The minimum Gasteiger partial charge on any atom is -0.493 e. The molecule has 0 atom stereocenters. The number of anilines is 3. The Hall–Kier alpha value is -3.37. The van der Waals surface area contributed by atoms with Crippen LogP contribution in [0.25, 0.3) is 0 Å². The van der Waals surface area contributed by atoms with E-state index in [1.165, 1.54) is 0 Å². The number of ether oxygens (including phenoxy) is 2. The Bertz CT molecular complexity index is 1250. The molecular weight excluding hydrogens is 506 g/mol. The van der Waals surface area contributed by atoms with Crippen LogP contribution in [0.15, 0.2) is 41.8 Å². The van der Waals surface area contributed by atoms with Crippen LogP contribution in [0, 0.1) is 6.92 Å². The molecule has 0 unspecified atom stereocenters. The summed E-state index contributed by atoms with van der Waals surface area (Å²) in [7, 11) is 7.20. The molecule has 2 aromatic carbocycles. The average molecular weight is 540 g/mol. The van der Waals surface area contributed by atoms with E-state index in [2.05, 4.69) is 37.6 Å². The van der Waals surface area contributed by atoms with Crippen LogP contribution >= 0.6 is 23.6 Å². The van der Waals surface area contributed by atoms with Crippen LogP contribution in [-0.2, 0) is 0 Å². The fourth-order valence-corrected chi connectivity index (χ4v) is 5.53. The zero-order valence-electron chi connectivity index (χ0n) is 21.8. The van der Waals surface area contributed by atoms with Gasteiger partial charge in [-0.05, 0) is 67.9 Å². The number of aryl methyl sites for hydroxylation is 1. The Morgan fingerprint density at radius 3 is 2.35 bits per heavy atom. The highest BCUT2D eigenvalue weighted by atomic mass is 32.1. The molecule has 8 nitrogen and oxygen atoms in total. The van der Waals surface area contributed by atoms with Crippen LogP contribution in [0.5, 0.6) is 11.5 Å². The molecule has 1 aromatic heterocycles. The maximum absolute atomic E-state index is 12.9. The van der Waals surface area contributed by atoms with Crippen molar-refractivity contribution in [3.63, 3.8) is 0 Å². The molecule has 2 heterocycles. The predicted molar refractivity (Wildman–Crippen MR) is 155 cm³/mol. The highest BCUT2D eigenvalue weighted by Gasteiger charge is 2.25. The van der Waals surface area contributed by atoms with Gasteiger partial charge in [0, 0.05) is 61.6 Å². The molecular formula is C27H33N5O3S2. The molecule has 1 aliphatic rings. The second kappa shape index (κ2) is 11.8. The number of benzene rings is 2. The molecule has 0 saturated carbocycles. The lowest BCUT2D eigenvalue weighted by Crippen LogP contribution is -2.40. The van der Waals surface area contributed by atoms with E-state index in [9.17, 15) is 4.79 Å². The zero-order valence-corrected chi connectivity index (χ0v) is 23.5. The van der Waals surface area contributed by atoms with Gasteiger partial charge in [-0.15, -0.1) is 11.3 Å². The van der Waals surface area contributed by atoms with Crippen LogP contribution in [-0.4, -0.2) is 62.3 Å². The Kier molecular flexibility index (Phi) is 8.50. The monoisotopic (exact) mass is 539 g/mol. The Morgan fingerprint density at radius 1 is 1.08 bits per heavy atom. The van der Waals surface area contributed by atoms with E-state index in [0.29, 0.717) is 28.8 Å². The summed E-state index contributed by atoms with van der Waals surface area (Å²) in [4.78, 5) is 21.9. The normalized spacial score (nSPS) is 13.7. The number of piperidine rings is 1. The number of nitrogens with one attached hydrogen (secondary N) is 2. The number of likely N-dealkylation sites (tertiary alicyclic amines) is 1. The third-order valence-electron chi connectivity index (χ3n) is 6.50. The lowest BCUT2D eigenvalue weighted by molar-refractivity contribution is 0.102. The molecule has 1 amide bonds. The summed E-state index contributed by atoms with van der Waals surface area (Å²) in [6, 6.07) is 11.8. The molecule has 4 rings (SSSR count). The molecule has 0 spiro atoms. The fourth-order valence-electron chi connectivity index (χ4n) is 4.26. The maximum Gasteiger partial charge on any atom is 0.275 e. The van der Waals surface area contributed by atoms with E-state index < -0.39 is 0 Å². The topological polar surface area (TPSA) is 79.0 Å². The molecule has 0 radical (unpaired) electrons. The highest BCUT2D eigenvalue weighted by molar-refractivity contribution is 7.80. The van der Waals surface area contributed by atoms with Crippen molar-refractivity contribution in [2.75, 3.05) is 56.9 Å². The lowest BCUT2D eigenvalue weighted by atomic mass is 9.98. The third kappa shape index (κ3) is 6.31. The second-order valence-electron chi connectivity index (χ2n) is 9.18. The minimum absolute atomic E-state index is 0.235. The number of hydrogen-bond acceptors (Lipinski definition) is 7. The number of nitrogens with zero attached hydrogens (tertiary/aromatic N) is 3. The number of carbonyl (C=O) groups is 1. The predicted octanol–water partition coefficient (Wildman–Crippen LogP) is 5.36. The van der Waals surface area contributed by atoms with E-state index in [1.54, 1.807) is 31.6 Å². The summed E-state index contributed by atoms with van der Waals surface area (Å²) in [5.74, 6) is 1.26. The molecule has 0 aliphatic carbocycles. The standard InChI is InChI=1S/C27H33N5O3S2/c1-17-14-23(34-4)24(35-5)15-21(17)29-25(33)22-16-37-26(30-22)18-10-12-32(13-11-18)27(36)28-19-6-8-20(9-7-19)31(2)3/h6-9,14-16,18H,10-13H2,1-5H3,(H,28,36)(H,29,33). The van der Waals surface area contributed by atoms with Gasteiger partial charge in [-0.1, -0.05) is 0 Å². The number of amides is 1. The van der Waals surface area contributed by atoms with Crippen LogP contribution in [0.1, 0.15) is 39.8 Å². The molecule has 2 N–H and O–H groups in total. The molecule has 1 aliphatic heterocycles. The first kappa shape index (κ1) is 26.7. The molecule has 196 valence electrons. The largest absolute Gasteiger partial charge is 0.493 e. The Labute approximate surface area is 227 Å². The van der Waals surface area contributed by atoms with E-state index >= 15 is 0 Å². The first-order valence-electron chi connectivity index (χ1n) is 12.1. The van der Waals surface area contributed by atoms with Crippen LogP contribution in [0.3, 0.4) is 0 Å². The molecule has 10 heteroatoms. The maximum atomic E-state index is 12.9. The minimum atomic E-state index is -0.235. The Balaban J connectivity index is 1.32. The van der Waals surface area contributed by atoms with Crippen molar-refractivity contribution >= 4 is 51.6 Å². The fraction of sp³-hybridized carbons (Fsp3) is 0.370. The van der Waals surface area contributed by atoms with Gasteiger partial charge in [0.25, 0.3) is 5.91 Å². The summed E-state index contributed by atoms with van der Waals surface area (Å²) < 4.78 is 10.7. The average Bonchev–Trinajstić information content (AvgIpc) is 3.40. The molecule has 1 fully saturated rings. The SMILES string of the molecule is COc1cc(C)c(NC(=O)c2csc(C3CCN(C(=S)Nc4ccc(N(C)C)cc4)CC3)n2)cc1OC. The first-order chi connectivity index (χ1) is 17.8. The summed E-state index contributed by atoms with van der Waals surface area (Å²) >= 11 is 7.20. The van der Waals surface area contributed by atoms with Gasteiger partial charge in [-0.2, -0.15) is 0 Å². The van der Waals surface area contributed by atoms with Gasteiger partial charge in [0.05, 0.1) is 19.2 Å². The second-order valence-corrected chi connectivity index (χ2v) is 10.5. The van der Waals surface area contributed by atoms with Crippen molar-refractivity contribution in [3.8, 4) is 11.5 Å². The summed E-state index contributed by atoms with van der Waals surface area (Å²) in [6.45, 7) is 3.60. The lowest BCUT2D eigenvalue weighted by Gasteiger charge is -2.33. The number of thiocarbonyl (C=S) groups is 1. The van der Waals surface area contributed by atoms with Crippen molar-refractivity contribution in [3.05, 3.63) is 58.0 Å². The number of aromatic nitrogens is 1. The van der Waals surface area contributed by atoms with Gasteiger partial charge < -0.3 is 29.9 Å². The van der Waals surface area contributed by atoms with Crippen LogP contribution in [0.2, 0.25) is 0 Å². The van der Waals surface area contributed by atoms with Crippen molar-refractivity contribution in [2.24, 2.45) is 0 Å². The quantitative estimate of drug-likeness (QED) is 0.389. The number of hydrogen-bond donors (Lipinski definition) is 2. The van der Waals surface area contributed by atoms with E-state index in [4.69, 9.17) is 21.7 Å². The van der Waals surface area contributed by atoms with E-state index in [0.717, 1.165) is 53.0 Å². The number of rotatable bonds is 7. The smallest absolute Gasteiger partial charge is 0.275 e. The van der Waals surface area contributed by atoms with Crippen molar-refractivity contribution in [1.29, 1.82) is 0 Å². The Morgan fingerprint density at radius 2 is 1.73 bits per heavy atom. The number of carbonyl (C=O) groups excluding carboxylic acids is 1. The van der Waals surface area contributed by atoms with Gasteiger partial charge >= 0.3 is 0 Å². The van der Waals surface area contributed by atoms with Crippen molar-refractivity contribution < 1.29 is 14.3 Å². The van der Waals surface area contributed by atoms with Gasteiger partial charge in [0.1, 0.15) is 5.69 Å².